The fourth-order valence-electron chi connectivity index (χ4n) is 0.699. The Kier molecular flexibility index (Phi) is 4.42. The van der Waals surface area contributed by atoms with E-state index in [2.05, 4.69) is 11.2 Å². The molecular weight excluding hydrogens is 258 g/mol. The molecule has 0 heterocycles. The molecule has 1 N–H and O–H groups in total. The maximum absolute atomic E-state index is 12.0. The average molecular weight is 264 g/mol. The van der Waals surface area contributed by atoms with E-state index in [9.17, 15) is 31.1 Å². The number of hydrogen-bond donors (Lipinski definition) is 1. The zero-order valence-corrected chi connectivity index (χ0v) is 8.02. The van der Waals surface area contributed by atoms with Crippen molar-refractivity contribution in [3.05, 3.63) is 0 Å². The number of alkyl halides is 6. The van der Waals surface area contributed by atoms with Crippen LogP contribution in [0.1, 0.15) is 6.42 Å². The number of carbonyl (C=O) groups excluding carboxylic acids is 1. The Balaban J connectivity index is 5.11. The first-order valence-electron chi connectivity index (χ1n) is 3.95. The van der Waals surface area contributed by atoms with Crippen LogP contribution in [0.3, 0.4) is 0 Å². The predicted molar refractivity (Wildman–Crippen MR) is 41.5 cm³/mol. The average Bonchev–Trinajstić information content (AvgIpc) is 2.13. The number of esters is 1. The Morgan fingerprint density at radius 3 is 1.88 bits per heavy atom. The quantitative estimate of drug-likeness (QED) is 0.363. The zero-order valence-electron chi connectivity index (χ0n) is 8.02. The van der Waals surface area contributed by atoms with Crippen molar-refractivity contribution in [3.8, 4) is 12.3 Å². The summed E-state index contributed by atoms with van der Waals surface area (Å²) >= 11 is 0. The third-order valence-corrected chi connectivity index (χ3v) is 1.60. The van der Waals surface area contributed by atoms with Crippen LogP contribution in [-0.2, 0) is 9.53 Å². The van der Waals surface area contributed by atoms with Gasteiger partial charge in [-0.25, -0.2) is 4.79 Å². The van der Waals surface area contributed by atoms with E-state index < -0.39 is 30.5 Å². The van der Waals surface area contributed by atoms with Crippen molar-refractivity contribution in [2.24, 2.45) is 0 Å². The summed E-state index contributed by atoms with van der Waals surface area (Å²) in [7, 11) is 0. The first kappa shape index (κ1) is 15.6. The molecule has 17 heavy (non-hydrogen) atoms. The van der Waals surface area contributed by atoms with Crippen molar-refractivity contribution in [2.45, 2.75) is 24.4 Å². The molecule has 0 unspecified atom stereocenters. The second-order valence-electron chi connectivity index (χ2n) is 2.80. The van der Waals surface area contributed by atoms with Crippen molar-refractivity contribution in [1.82, 2.24) is 0 Å². The van der Waals surface area contributed by atoms with E-state index in [-0.39, 0.29) is 6.42 Å². The largest absolute Gasteiger partial charge is 0.462 e. The van der Waals surface area contributed by atoms with Crippen LogP contribution in [0.4, 0.5) is 26.3 Å². The van der Waals surface area contributed by atoms with Gasteiger partial charge >= 0.3 is 23.9 Å². The topological polar surface area (TPSA) is 46.5 Å². The smallest absolute Gasteiger partial charge is 0.437 e. The van der Waals surface area contributed by atoms with Gasteiger partial charge in [0.15, 0.2) is 0 Å². The molecule has 3 nitrogen and oxygen atoms in total. The number of rotatable bonds is 3. The Hall–Kier alpha value is -1.43. The molecule has 0 atom stereocenters. The number of ether oxygens (including phenoxy) is 1. The normalized spacial score (nSPS) is 13.1. The van der Waals surface area contributed by atoms with Gasteiger partial charge in [-0.05, 0) is 0 Å². The minimum Gasteiger partial charge on any atom is -0.462 e. The van der Waals surface area contributed by atoms with Gasteiger partial charge in [-0.2, -0.15) is 26.3 Å². The molecule has 0 radical (unpaired) electrons. The molecule has 0 amide bonds. The van der Waals surface area contributed by atoms with Gasteiger partial charge in [-0.1, -0.05) is 0 Å². The number of terminal acetylenes is 1. The van der Waals surface area contributed by atoms with Crippen molar-refractivity contribution in [1.29, 1.82) is 0 Å². The SMILES string of the molecule is C#CCCOC(=O)C(O)(C(F)(F)F)C(F)(F)F. The Morgan fingerprint density at radius 1 is 1.18 bits per heavy atom. The molecule has 0 aliphatic rings. The van der Waals surface area contributed by atoms with Crippen LogP contribution in [0, 0.1) is 12.3 Å². The lowest BCUT2D eigenvalue weighted by Gasteiger charge is -2.29. The van der Waals surface area contributed by atoms with Gasteiger partial charge < -0.3 is 9.84 Å². The summed E-state index contributed by atoms with van der Waals surface area (Å²) in [6.45, 7) is -0.857. The molecule has 0 fully saturated rings. The molecule has 0 aliphatic carbocycles. The summed E-state index contributed by atoms with van der Waals surface area (Å²) in [6, 6.07) is 0. The van der Waals surface area contributed by atoms with E-state index in [0.717, 1.165) is 0 Å². The second kappa shape index (κ2) is 4.83. The van der Waals surface area contributed by atoms with Crippen LogP contribution in [0.5, 0.6) is 0 Å². The lowest BCUT2D eigenvalue weighted by molar-refractivity contribution is -0.356. The highest BCUT2D eigenvalue weighted by atomic mass is 19.4. The molecule has 0 bridgehead atoms. The number of carbonyl (C=O) groups is 1. The van der Waals surface area contributed by atoms with Crippen molar-refractivity contribution < 1.29 is 41.0 Å². The van der Waals surface area contributed by atoms with Crippen LogP contribution >= 0.6 is 0 Å². The van der Waals surface area contributed by atoms with Crippen molar-refractivity contribution in [3.63, 3.8) is 0 Å². The summed E-state index contributed by atoms with van der Waals surface area (Å²) in [5.74, 6) is -1.02. The molecule has 0 aliphatic heterocycles. The molecule has 0 aromatic heterocycles. The van der Waals surface area contributed by atoms with Gasteiger partial charge in [0.25, 0.3) is 0 Å². The highest BCUT2D eigenvalue weighted by Crippen LogP contribution is 2.43. The fraction of sp³-hybridized carbons (Fsp3) is 0.625. The Bertz CT molecular complexity index is 310. The molecule has 98 valence electrons. The zero-order chi connectivity index (χ0) is 13.9. The van der Waals surface area contributed by atoms with E-state index >= 15 is 0 Å². The summed E-state index contributed by atoms with van der Waals surface area (Å²) in [5.41, 5.74) is -5.55. The summed E-state index contributed by atoms with van der Waals surface area (Å²) in [6.07, 6.45) is -8.21. The van der Waals surface area contributed by atoms with Gasteiger partial charge in [0.2, 0.25) is 0 Å². The maximum atomic E-state index is 12.0. The van der Waals surface area contributed by atoms with E-state index in [1.54, 1.807) is 0 Å². The van der Waals surface area contributed by atoms with E-state index in [1.807, 2.05) is 5.92 Å². The van der Waals surface area contributed by atoms with Crippen LogP contribution in [0.25, 0.3) is 0 Å². The number of aliphatic hydroxyl groups is 1. The molecular formula is C8H6F6O3. The minimum absolute atomic E-state index is 0.377. The molecule has 0 saturated carbocycles. The van der Waals surface area contributed by atoms with E-state index in [4.69, 9.17) is 5.11 Å². The van der Waals surface area contributed by atoms with Crippen molar-refractivity contribution >= 4 is 5.97 Å². The molecule has 0 saturated heterocycles. The molecule has 0 aromatic rings. The van der Waals surface area contributed by atoms with Crippen LogP contribution in [0.2, 0.25) is 0 Å². The summed E-state index contributed by atoms with van der Waals surface area (Å²) in [4.78, 5) is 10.7. The Morgan fingerprint density at radius 2 is 1.59 bits per heavy atom. The van der Waals surface area contributed by atoms with E-state index in [0.29, 0.717) is 0 Å². The second-order valence-corrected chi connectivity index (χ2v) is 2.80. The van der Waals surface area contributed by atoms with Gasteiger partial charge in [-0.15, -0.1) is 12.3 Å². The predicted octanol–water partition coefficient (Wildman–Crippen LogP) is 1.41. The van der Waals surface area contributed by atoms with Crippen LogP contribution < -0.4 is 0 Å². The van der Waals surface area contributed by atoms with Crippen molar-refractivity contribution in [2.75, 3.05) is 6.61 Å². The van der Waals surface area contributed by atoms with Crippen LogP contribution in [0.15, 0.2) is 0 Å². The summed E-state index contributed by atoms with van der Waals surface area (Å²) < 4.78 is 75.9. The first-order valence-corrected chi connectivity index (χ1v) is 3.95. The summed E-state index contributed by atoms with van der Waals surface area (Å²) in [5, 5.41) is 8.48. The monoisotopic (exact) mass is 264 g/mol. The highest BCUT2D eigenvalue weighted by Gasteiger charge is 2.76. The minimum atomic E-state index is -6.24. The fourth-order valence-corrected chi connectivity index (χ4v) is 0.699. The first-order chi connectivity index (χ1) is 7.48. The molecule has 0 spiro atoms. The standard InChI is InChI=1S/C8H6F6O3/c1-2-3-4-17-5(15)6(16,7(9,10)11)8(12,13)14/h1,16H,3-4H2. The highest BCUT2D eigenvalue weighted by molar-refractivity contribution is 5.81. The van der Waals surface area contributed by atoms with E-state index in [1.165, 1.54) is 0 Å². The van der Waals surface area contributed by atoms with Gasteiger partial charge in [-0.3, -0.25) is 0 Å². The van der Waals surface area contributed by atoms with Gasteiger partial charge in [0.05, 0.1) is 0 Å². The third-order valence-electron chi connectivity index (χ3n) is 1.60. The molecule has 0 rings (SSSR count). The lowest BCUT2D eigenvalue weighted by atomic mass is 10.0. The third kappa shape index (κ3) is 3.03. The number of hydrogen-bond acceptors (Lipinski definition) is 3. The molecule has 9 heteroatoms. The van der Waals surface area contributed by atoms with Gasteiger partial charge in [0, 0.05) is 6.42 Å². The Labute approximate surface area is 91.4 Å². The maximum Gasteiger partial charge on any atom is 0.437 e. The number of halogens is 6. The molecule has 0 aromatic carbocycles. The lowest BCUT2D eigenvalue weighted by Crippen LogP contribution is -2.63. The van der Waals surface area contributed by atoms with Crippen LogP contribution in [-0.4, -0.2) is 35.6 Å². The van der Waals surface area contributed by atoms with Gasteiger partial charge in [0.1, 0.15) is 6.61 Å².